The van der Waals surface area contributed by atoms with Crippen molar-refractivity contribution in [3.8, 4) is 5.69 Å². The number of aromatic nitrogens is 1. The Morgan fingerprint density at radius 2 is 1.70 bits per heavy atom. The molecule has 0 radical (unpaired) electrons. The number of carbonyl (C=O) groups excluding carboxylic acids is 2. The van der Waals surface area contributed by atoms with Crippen LogP contribution in [0.15, 0.2) is 53.6 Å². The number of halogens is 3. The first kappa shape index (κ1) is 21.9. The van der Waals surface area contributed by atoms with Gasteiger partial charge < -0.3 is 9.88 Å². The molecule has 9 heteroatoms. The Morgan fingerprint density at radius 1 is 0.967 bits per heavy atom. The van der Waals surface area contributed by atoms with Gasteiger partial charge in [-0.1, -0.05) is 46.9 Å². The lowest BCUT2D eigenvalue weighted by Gasteiger charge is -2.12. The molecule has 2 N–H and O–H groups in total. The maximum absolute atomic E-state index is 12.0. The molecule has 0 unspecified atom stereocenters. The number of carbonyl (C=O) groups is 2. The van der Waals surface area contributed by atoms with Crippen molar-refractivity contribution in [1.29, 1.82) is 0 Å². The van der Waals surface area contributed by atoms with Crippen molar-refractivity contribution < 1.29 is 9.59 Å². The van der Waals surface area contributed by atoms with Crippen LogP contribution in [0.4, 0.5) is 5.69 Å². The van der Waals surface area contributed by atoms with Crippen LogP contribution in [-0.2, 0) is 9.59 Å². The molecule has 154 valence electrons. The molecule has 0 spiro atoms. The Balaban J connectivity index is 1.72. The molecular weight excluding hydrogens is 447 g/mol. The van der Waals surface area contributed by atoms with Gasteiger partial charge in [0.05, 0.1) is 27.6 Å². The van der Waals surface area contributed by atoms with E-state index in [0.29, 0.717) is 20.8 Å². The SMILES string of the molecule is Cc1cc(/C=N\NC(=O)C(=O)Nc2ccccc2Cl)c(C)n1-c1cc(Cl)ccc1Cl. The number of amides is 2. The molecule has 2 aromatic carbocycles. The Labute approximate surface area is 188 Å². The van der Waals surface area contributed by atoms with Gasteiger partial charge in [-0.15, -0.1) is 0 Å². The minimum Gasteiger partial charge on any atom is -0.316 e. The summed E-state index contributed by atoms with van der Waals surface area (Å²) in [7, 11) is 0. The van der Waals surface area contributed by atoms with Crippen LogP contribution in [0.3, 0.4) is 0 Å². The van der Waals surface area contributed by atoms with Crippen molar-refractivity contribution in [1.82, 2.24) is 9.99 Å². The van der Waals surface area contributed by atoms with E-state index in [9.17, 15) is 9.59 Å². The highest BCUT2D eigenvalue weighted by molar-refractivity contribution is 6.41. The van der Waals surface area contributed by atoms with Crippen molar-refractivity contribution in [2.75, 3.05) is 5.32 Å². The van der Waals surface area contributed by atoms with Crippen molar-refractivity contribution in [2.45, 2.75) is 13.8 Å². The first-order chi connectivity index (χ1) is 14.3. The third kappa shape index (κ3) is 4.84. The normalized spacial score (nSPS) is 11.0. The number of hydrogen-bond donors (Lipinski definition) is 2. The lowest BCUT2D eigenvalue weighted by atomic mass is 10.2. The summed E-state index contributed by atoms with van der Waals surface area (Å²) in [5.41, 5.74) is 5.77. The van der Waals surface area contributed by atoms with Crippen LogP contribution in [0.2, 0.25) is 15.1 Å². The summed E-state index contributed by atoms with van der Waals surface area (Å²) in [5.74, 6) is -1.80. The van der Waals surface area contributed by atoms with Gasteiger partial charge in [-0.05, 0) is 50.2 Å². The monoisotopic (exact) mass is 462 g/mol. The van der Waals surface area contributed by atoms with E-state index in [-0.39, 0.29) is 0 Å². The van der Waals surface area contributed by atoms with Crippen molar-refractivity contribution in [3.63, 3.8) is 0 Å². The van der Waals surface area contributed by atoms with Gasteiger partial charge in [0, 0.05) is 22.0 Å². The summed E-state index contributed by atoms with van der Waals surface area (Å²) in [6.07, 6.45) is 1.46. The summed E-state index contributed by atoms with van der Waals surface area (Å²) in [6.45, 7) is 3.80. The van der Waals surface area contributed by atoms with Gasteiger partial charge in [0.1, 0.15) is 0 Å². The highest BCUT2D eigenvalue weighted by Gasteiger charge is 2.15. The van der Waals surface area contributed by atoms with Crippen LogP contribution in [-0.4, -0.2) is 22.6 Å². The average Bonchev–Trinajstić information content (AvgIpc) is 2.98. The molecule has 0 aliphatic carbocycles. The summed E-state index contributed by atoms with van der Waals surface area (Å²) in [6, 6.07) is 13.7. The second kappa shape index (κ2) is 9.34. The first-order valence-electron chi connectivity index (χ1n) is 8.81. The van der Waals surface area contributed by atoms with E-state index in [4.69, 9.17) is 34.8 Å². The fourth-order valence-corrected chi connectivity index (χ4v) is 3.45. The van der Waals surface area contributed by atoms with E-state index >= 15 is 0 Å². The quantitative estimate of drug-likeness (QED) is 0.319. The maximum Gasteiger partial charge on any atom is 0.329 e. The molecule has 2 amide bonds. The largest absolute Gasteiger partial charge is 0.329 e. The minimum atomic E-state index is -0.919. The zero-order valence-electron chi connectivity index (χ0n) is 16.0. The van der Waals surface area contributed by atoms with Gasteiger partial charge >= 0.3 is 11.8 Å². The van der Waals surface area contributed by atoms with Crippen LogP contribution in [0.5, 0.6) is 0 Å². The zero-order valence-corrected chi connectivity index (χ0v) is 18.3. The predicted octanol–water partition coefficient (Wildman–Crippen LogP) is 5.14. The van der Waals surface area contributed by atoms with E-state index < -0.39 is 11.8 Å². The molecule has 3 rings (SSSR count). The third-order valence-electron chi connectivity index (χ3n) is 4.32. The number of rotatable bonds is 4. The second-order valence-electron chi connectivity index (χ2n) is 6.39. The second-order valence-corrected chi connectivity index (χ2v) is 7.64. The molecule has 0 atom stereocenters. The van der Waals surface area contributed by atoms with Crippen molar-refractivity contribution >= 4 is 58.5 Å². The summed E-state index contributed by atoms with van der Waals surface area (Å²) >= 11 is 18.4. The Hall–Kier alpha value is -2.80. The molecule has 1 heterocycles. The molecule has 0 aliphatic heterocycles. The van der Waals surface area contributed by atoms with E-state index in [1.54, 1.807) is 42.5 Å². The average molecular weight is 464 g/mol. The molecule has 0 saturated carbocycles. The van der Waals surface area contributed by atoms with E-state index in [1.165, 1.54) is 6.21 Å². The molecule has 0 saturated heterocycles. The van der Waals surface area contributed by atoms with Crippen molar-refractivity contribution in [3.05, 3.63) is 80.6 Å². The van der Waals surface area contributed by atoms with Crippen molar-refractivity contribution in [2.24, 2.45) is 5.10 Å². The number of anilines is 1. The van der Waals surface area contributed by atoms with Gasteiger partial charge in [-0.25, -0.2) is 5.43 Å². The Kier molecular flexibility index (Phi) is 6.82. The van der Waals surface area contributed by atoms with Crippen LogP contribution in [0.25, 0.3) is 5.69 Å². The third-order valence-corrected chi connectivity index (χ3v) is 5.20. The van der Waals surface area contributed by atoms with Crippen LogP contribution in [0, 0.1) is 13.8 Å². The molecule has 0 bridgehead atoms. The molecular formula is C21H17Cl3N4O2. The van der Waals surface area contributed by atoms with E-state index in [2.05, 4.69) is 15.8 Å². The highest BCUT2D eigenvalue weighted by atomic mass is 35.5. The first-order valence-corrected chi connectivity index (χ1v) is 9.94. The van der Waals surface area contributed by atoms with E-state index in [0.717, 1.165) is 22.6 Å². The number of aryl methyl sites for hydroxylation is 1. The minimum absolute atomic E-state index is 0.328. The molecule has 1 aromatic heterocycles. The van der Waals surface area contributed by atoms with Gasteiger partial charge in [0.2, 0.25) is 0 Å². The van der Waals surface area contributed by atoms with E-state index in [1.807, 2.05) is 24.5 Å². The molecule has 0 aliphatic rings. The fraction of sp³-hybridized carbons (Fsp3) is 0.0952. The summed E-state index contributed by atoms with van der Waals surface area (Å²) < 4.78 is 1.93. The van der Waals surface area contributed by atoms with Crippen LogP contribution >= 0.6 is 34.8 Å². The fourth-order valence-electron chi connectivity index (χ4n) is 2.90. The number of benzene rings is 2. The lowest BCUT2D eigenvalue weighted by molar-refractivity contribution is -0.136. The predicted molar refractivity (Wildman–Crippen MR) is 121 cm³/mol. The smallest absolute Gasteiger partial charge is 0.316 e. The van der Waals surface area contributed by atoms with Crippen LogP contribution in [0.1, 0.15) is 17.0 Å². The number of para-hydroxylation sites is 1. The number of hydrogen-bond acceptors (Lipinski definition) is 3. The zero-order chi connectivity index (χ0) is 21.8. The van der Waals surface area contributed by atoms with Gasteiger partial charge in [0.15, 0.2) is 0 Å². The Bertz CT molecular complexity index is 1160. The maximum atomic E-state index is 12.0. The Morgan fingerprint density at radius 3 is 2.43 bits per heavy atom. The van der Waals surface area contributed by atoms with Crippen LogP contribution < -0.4 is 10.7 Å². The molecule has 0 fully saturated rings. The van der Waals surface area contributed by atoms with Gasteiger partial charge in [-0.3, -0.25) is 9.59 Å². The standard InChI is InChI=1S/C21H17Cl3N4O2/c1-12-9-14(13(2)28(12)19-10-15(22)7-8-17(19)24)11-25-27-21(30)20(29)26-18-6-4-3-5-16(18)23/h3-11H,1-2H3,(H,26,29)(H,27,30)/b25-11-. The van der Waals surface area contributed by atoms with Gasteiger partial charge in [-0.2, -0.15) is 5.10 Å². The number of nitrogens with zero attached hydrogens (tertiary/aromatic N) is 2. The summed E-state index contributed by atoms with van der Waals surface area (Å²) in [4.78, 5) is 24.0. The highest BCUT2D eigenvalue weighted by Crippen LogP contribution is 2.28. The van der Waals surface area contributed by atoms with Gasteiger partial charge in [0.25, 0.3) is 0 Å². The number of nitrogens with one attached hydrogen (secondary N) is 2. The lowest BCUT2D eigenvalue weighted by Crippen LogP contribution is -2.32. The molecule has 3 aromatic rings. The molecule has 6 nitrogen and oxygen atoms in total. The number of hydrazone groups is 1. The molecule has 30 heavy (non-hydrogen) atoms. The topological polar surface area (TPSA) is 75.5 Å². The summed E-state index contributed by atoms with van der Waals surface area (Å²) in [5, 5.41) is 7.76.